The van der Waals surface area contributed by atoms with Gasteiger partial charge in [-0.25, -0.2) is 8.42 Å². The van der Waals surface area contributed by atoms with E-state index in [1.54, 1.807) is 18.2 Å². The van der Waals surface area contributed by atoms with Gasteiger partial charge in [-0.3, -0.25) is 4.72 Å². The lowest BCUT2D eigenvalue weighted by molar-refractivity contribution is 0.414. The number of aryl methyl sites for hydroxylation is 1. The van der Waals surface area contributed by atoms with Gasteiger partial charge >= 0.3 is 0 Å². The molecule has 0 radical (unpaired) electrons. The molecule has 0 heterocycles. The molecular formula is C15H18N2O3S. The molecule has 0 aromatic heterocycles. The molecule has 2 aromatic carbocycles. The molecule has 5 nitrogen and oxygen atoms in total. The Morgan fingerprint density at radius 3 is 2.24 bits per heavy atom. The first-order valence-corrected chi connectivity index (χ1v) is 7.86. The summed E-state index contributed by atoms with van der Waals surface area (Å²) in [5, 5.41) is 0. The second-order valence-electron chi connectivity index (χ2n) is 4.75. The van der Waals surface area contributed by atoms with Crippen molar-refractivity contribution in [3.05, 3.63) is 47.5 Å². The number of nitrogens with two attached hydrogens (primary N) is 1. The van der Waals surface area contributed by atoms with Crippen molar-refractivity contribution in [2.45, 2.75) is 18.7 Å². The van der Waals surface area contributed by atoms with Crippen LogP contribution in [-0.4, -0.2) is 15.5 Å². The lowest BCUT2D eigenvalue weighted by atomic mass is 10.1. The summed E-state index contributed by atoms with van der Waals surface area (Å²) in [6.45, 7) is 3.73. The molecule has 0 aliphatic carbocycles. The largest absolute Gasteiger partial charge is 0.497 e. The molecule has 0 atom stereocenters. The maximum atomic E-state index is 12.4. The summed E-state index contributed by atoms with van der Waals surface area (Å²) < 4.78 is 32.4. The minimum Gasteiger partial charge on any atom is -0.497 e. The third kappa shape index (κ3) is 3.11. The summed E-state index contributed by atoms with van der Waals surface area (Å²) in [5.74, 6) is 0.597. The topological polar surface area (TPSA) is 81.4 Å². The van der Waals surface area contributed by atoms with Crippen molar-refractivity contribution in [3.63, 3.8) is 0 Å². The standard InChI is InChI=1S/C15H18N2O3S/c1-10-4-9-14(16)15(11(10)2)17-21(18,19)13-7-5-12(20-3)6-8-13/h4-9,17H,16H2,1-3H3. The predicted molar refractivity (Wildman–Crippen MR) is 84.1 cm³/mol. The maximum absolute atomic E-state index is 12.4. The number of nitrogen functional groups attached to an aromatic ring is 1. The highest BCUT2D eigenvalue weighted by Crippen LogP contribution is 2.28. The second-order valence-corrected chi connectivity index (χ2v) is 6.44. The van der Waals surface area contributed by atoms with E-state index in [0.29, 0.717) is 17.1 Å². The second kappa shape index (κ2) is 5.65. The Hall–Kier alpha value is -2.21. The van der Waals surface area contributed by atoms with Crippen molar-refractivity contribution >= 4 is 21.4 Å². The van der Waals surface area contributed by atoms with Crippen molar-refractivity contribution < 1.29 is 13.2 Å². The molecule has 0 amide bonds. The minimum absolute atomic E-state index is 0.156. The van der Waals surface area contributed by atoms with Gasteiger partial charge in [-0.1, -0.05) is 6.07 Å². The van der Waals surface area contributed by atoms with Crippen molar-refractivity contribution in [2.75, 3.05) is 17.6 Å². The maximum Gasteiger partial charge on any atom is 0.261 e. The Kier molecular flexibility index (Phi) is 4.09. The number of sulfonamides is 1. The lowest BCUT2D eigenvalue weighted by Gasteiger charge is -2.15. The molecular weight excluding hydrogens is 288 g/mol. The quantitative estimate of drug-likeness (QED) is 0.851. The van der Waals surface area contributed by atoms with Crippen LogP contribution >= 0.6 is 0 Å². The first-order chi connectivity index (χ1) is 9.85. The zero-order valence-electron chi connectivity index (χ0n) is 12.2. The van der Waals surface area contributed by atoms with Crippen LogP contribution in [0.5, 0.6) is 5.75 Å². The fourth-order valence-corrected chi connectivity index (χ4v) is 3.07. The van der Waals surface area contributed by atoms with Crippen LogP contribution in [0.4, 0.5) is 11.4 Å². The first-order valence-electron chi connectivity index (χ1n) is 6.37. The number of anilines is 2. The number of methoxy groups -OCH3 is 1. The molecule has 21 heavy (non-hydrogen) atoms. The van der Waals surface area contributed by atoms with Gasteiger partial charge in [-0.05, 0) is 55.3 Å². The van der Waals surface area contributed by atoms with E-state index in [0.717, 1.165) is 11.1 Å². The van der Waals surface area contributed by atoms with Gasteiger partial charge in [-0.15, -0.1) is 0 Å². The normalized spacial score (nSPS) is 11.2. The van der Waals surface area contributed by atoms with Crippen LogP contribution in [0, 0.1) is 13.8 Å². The molecule has 112 valence electrons. The highest BCUT2D eigenvalue weighted by molar-refractivity contribution is 7.92. The van der Waals surface area contributed by atoms with E-state index in [1.165, 1.54) is 19.2 Å². The zero-order chi connectivity index (χ0) is 15.6. The van der Waals surface area contributed by atoms with Crippen LogP contribution in [0.15, 0.2) is 41.3 Å². The van der Waals surface area contributed by atoms with Gasteiger partial charge < -0.3 is 10.5 Å². The SMILES string of the molecule is COc1ccc(S(=O)(=O)Nc2c(N)ccc(C)c2C)cc1. The Bertz CT molecular complexity index is 753. The molecule has 0 saturated heterocycles. The third-order valence-electron chi connectivity index (χ3n) is 3.37. The zero-order valence-corrected chi connectivity index (χ0v) is 13.0. The van der Waals surface area contributed by atoms with Crippen molar-refractivity contribution in [2.24, 2.45) is 0 Å². The molecule has 0 saturated carbocycles. The van der Waals surface area contributed by atoms with Crippen LogP contribution in [0.1, 0.15) is 11.1 Å². The molecule has 0 fully saturated rings. The predicted octanol–water partition coefficient (Wildman–Crippen LogP) is 2.70. The van der Waals surface area contributed by atoms with Gasteiger partial charge in [0, 0.05) is 0 Å². The van der Waals surface area contributed by atoms with E-state index >= 15 is 0 Å². The van der Waals surface area contributed by atoms with Crippen LogP contribution < -0.4 is 15.2 Å². The Morgan fingerprint density at radius 2 is 1.67 bits per heavy atom. The number of nitrogens with one attached hydrogen (secondary N) is 1. The fraction of sp³-hybridized carbons (Fsp3) is 0.200. The summed E-state index contributed by atoms with van der Waals surface area (Å²) in [7, 11) is -2.16. The Labute approximate surface area is 124 Å². The highest BCUT2D eigenvalue weighted by Gasteiger charge is 2.17. The number of ether oxygens (including phenoxy) is 1. The van der Waals surface area contributed by atoms with Crippen LogP contribution in [0.25, 0.3) is 0 Å². The molecule has 2 aromatic rings. The smallest absolute Gasteiger partial charge is 0.261 e. The van der Waals surface area contributed by atoms with E-state index < -0.39 is 10.0 Å². The van der Waals surface area contributed by atoms with Crippen LogP contribution in [-0.2, 0) is 10.0 Å². The molecule has 0 unspecified atom stereocenters. The van der Waals surface area contributed by atoms with Gasteiger partial charge in [0.2, 0.25) is 0 Å². The van der Waals surface area contributed by atoms with Gasteiger partial charge in [0.25, 0.3) is 10.0 Å². The summed E-state index contributed by atoms with van der Waals surface area (Å²) in [6.07, 6.45) is 0. The monoisotopic (exact) mass is 306 g/mol. The first kappa shape index (κ1) is 15.2. The molecule has 0 aliphatic heterocycles. The molecule has 0 bridgehead atoms. The van der Waals surface area contributed by atoms with E-state index in [2.05, 4.69) is 4.72 Å². The number of rotatable bonds is 4. The van der Waals surface area contributed by atoms with Crippen molar-refractivity contribution in [3.8, 4) is 5.75 Å². The molecule has 6 heteroatoms. The summed E-state index contributed by atoms with van der Waals surface area (Å²) in [4.78, 5) is 0.156. The van der Waals surface area contributed by atoms with Crippen LogP contribution in [0.2, 0.25) is 0 Å². The van der Waals surface area contributed by atoms with Gasteiger partial charge in [-0.2, -0.15) is 0 Å². The number of hydrogen-bond acceptors (Lipinski definition) is 4. The fourth-order valence-electron chi connectivity index (χ4n) is 1.92. The Balaban J connectivity index is 2.39. The number of benzene rings is 2. The van der Waals surface area contributed by atoms with Gasteiger partial charge in [0.1, 0.15) is 5.75 Å². The van der Waals surface area contributed by atoms with Gasteiger partial charge in [0.05, 0.1) is 23.4 Å². The highest BCUT2D eigenvalue weighted by atomic mass is 32.2. The average molecular weight is 306 g/mol. The summed E-state index contributed by atoms with van der Waals surface area (Å²) in [6, 6.07) is 9.72. The summed E-state index contributed by atoms with van der Waals surface area (Å²) in [5.41, 5.74) is 8.48. The Morgan fingerprint density at radius 1 is 1.05 bits per heavy atom. The molecule has 2 rings (SSSR count). The molecule has 0 aliphatic rings. The van der Waals surface area contributed by atoms with Crippen molar-refractivity contribution in [1.82, 2.24) is 0 Å². The third-order valence-corrected chi connectivity index (χ3v) is 4.74. The molecule has 3 N–H and O–H groups in total. The molecule has 0 spiro atoms. The summed E-state index contributed by atoms with van der Waals surface area (Å²) >= 11 is 0. The van der Waals surface area contributed by atoms with Gasteiger partial charge in [0.15, 0.2) is 0 Å². The van der Waals surface area contributed by atoms with E-state index in [-0.39, 0.29) is 4.90 Å². The van der Waals surface area contributed by atoms with E-state index in [1.807, 2.05) is 19.9 Å². The lowest BCUT2D eigenvalue weighted by Crippen LogP contribution is -2.15. The number of hydrogen-bond donors (Lipinski definition) is 2. The van der Waals surface area contributed by atoms with E-state index in [4.69, 9.17) is 10.5 Å². The van der Waals surface area contributed by atoms with Crippen molar-refractivity contribution in [1.29, 1.82) is 0 Å². The minimum atomic E-state index is -3.69. The van der Waals surface area contributed by atoms with Crippen LogP contribution in [0.3, 0.4) is 0 Å². The average Bonchev–Trinajstić information content (AvgIpc) is 2.48. The van der Waals surface area contributed by atoms with E-state index in [9.17, 15) is 8.42 Å².